The van der Waals surface area contributed by atoms with Crippen molar-refractivity contribution in [2.24, 2.45) is 0 Å². The van der Waals surface area contributed by atoms with E-state index in [1.165, 1.54) is 0 Å². The Kier molecular flexibility index (Phi) is 5.61. The van der Waals surface area contributed by atoms with Gasteiger partial charge in [0.1, 0.15) is 0 Å². The number of carbonyl (C=O) groups is 2. The standard InChI is InChI=1S/C19H18Cl2N2O2/c20-14-6-7-17(21)16(12-14)18(24)22-15-8-10-23(11-9-15)19(25)13-4-2-1-3-5-13/h1-7,12,15H,8-11H2,(H,22,24). The second-order valence-electron chi connectivity index (χ2n) is 6.03. The Bertz CT molecular complexity index is 772. The third-order valence-corrected chi connectivity index (χ3v) is 4.88. The second-order valence-corrected chi connectivity index (χ2v) is 6.87. The molecule has 2 aromatic carbocycles. The molecular formula is C19H18Cl2N2O2. The molecule has 0 unspecified atom stereocenters. The number of nitrogens with one attached hydrogen (secondary N) is 1. The highest BCUT2D eigenvalue weighted by atomic mass is 35.5. The van der Waals surface area contributed by atoms with Crippen LogP contribution in [0, 0.1) is 0 Å². The van der Waals surface area contributed by atoms with Gasteiger partial charge in [0.25, 0.3) is 11.8 Å². The number of benzene rings is 2. The summed E-state index contributed by atoms with van der Waals surface area (Å²) in [5, 5.41) is 3.83. The highest BCUT2D eigenvalue weighted by Gasteiger charge is 2.25. The summed E-state index contributed by atoms with van der Waals surface area (Å²) in [6.07, 6.45) is 1.42. The zero-order valence-electron chi connectivity index (χ0n) is 13.5. The van der Waals surface area contributed by atoms with Crippen molar-refractivity contribution < 1.29 is 9.59 Å². The lowest BCUT2D eigenvalue weighted by atomic mass is 10.0. The van der Waals surface area contributed by atoms with Crippen LogP contribution in [-0.4, -0.2) is 35.8 Å². The van der Waals surface area contributed by atoms with Crippen LogP contribution < -0.4 is 5.32 Å². The summed E-state index contributed by atoms with van der Waals surface area (Å²) in [7, 11) is 0. The Hall–Kier alpha value is -2.04. The molecule has 0 atom stereocenters. The fourth-order valence-corrected chi connectivity index (χ4v) is 3.30. The maximum absolute atomic E-state index is 12.4. The summed E-state index contributed by atoms with van der Waals surface area (Å²) in [4.78, 5) is 26.7. The first-order valence-corrected chi connectivity index (χ1v) is 8.90. The molecular weight excluding hydrogens is 359 g/mol. The van der Waals surface area contributed by atoms with Crippen LogP contribution in [0.3, 0.4) is 0 Å². The number of likely N-dealkylation sites (tertiary alicyclic amines) is 1. The topological polar surface area (TPSA) is 49.4 Å². The normalized spacial score (nSPS) is 15.0. The van der Waals surface area contributed by atoms with Crippen LogP contribution in [0.15, 0.2) is 48.5 Å². The summed E-state index contributed by atoms with van der Waals surface area (Å²) < 4.78 is 0. The van der Waals surface area contributed by atoms with Crippen molar-refractivity contribution in [3.63, 3.8) is 0 Å². The molecule has 1 aliphatic rings. The van der Waals surface area contributed by atoms with Crippen molar-refractivity contribution in [3.05, 3.63) is 69.7 Å². The quantitative estimate of drug-likeness (QED) is 0.878. The van der Waals surface area contributed by atoms with Gasteiger partial charge in [-0.25, -0.2) is 0 Å². The number of nitrogens with zero attached hydrogens (tertiary/aromatic N) is 1. The summed E-state index contributed by atoms with van der Waals surface area (Å²) in [5.41, 5.74) is 1.06. The number of hydrogen-bond acceptors (Lipinski definition) is 2. The smallest absolute Gasteiger partial charge is 0.253 e. The van der Waals surface area contributed by atoms with Crippen LogP contribution in [0.1, 0.15) is 33.6 Å². The molecule has 2 amide bonds. The molecule has 0 bridgehead atoms. The molecule has 1 aliphatic heterocycles. The average molecular weight is 377 g/mol. The van der Waals surface area contributed by atoms with Gasteiger partial charge >= 0.3 is 0 Å². The molecule has 2 aromatic rings. The number of amides is 2. The monoisotopic (exact) mass is 376 g/mol. The zero-order valence-corrected chi connectivity index (χ0v) is 15.1. The van der Waals surface area contributed by atoms with Gasteiger partial charge in [0.2, 0.25) is 0 Å². The lowest BCUT2D eigenvalue weighted by Gasteiger charge is -2.32. The summed E-state index contributed by atoms with van der Waals surface area (Å²) >= 11 is 12.0. The summed E-state index contributed by atoms with van der Waals surface area (Å²) in [5.74, 6) is -0.205. The minimum atomic E-state index is -0.236. The van der Waals surface area contributed by atoms with Crippen LogP contribution in [0.2, 0.25) is 10.0 Å². The van der Waals surface area contributed by atoms with E-state index in [9.17, 15) is 9.59 Å². The van der Waals surface area contributed by atoms with Crippen molar-refractivity contribution in [2.75, 3.05) is 13.1 Å². The summed E-state index contributed by atoms with van der Waals surface area (Å²) in [6, 6.07) is 14.1. The Morgan fingerprint density at radius 3 is 2.36 bits per heavy atom. The van der Waals surface area contributed by atoms with Crippen molar-refractivity contribution >= 4 is 35.0 Å². The first kappa shape index (κ1) is 17.8. The van der Waals surface area contributed by atoms with E-state index in [2.05, 4.69) is 5.32 Å². The predicted molar refractivity (Wildman–Crippen MR) is 99.3 cm³/mol. The largest absolute Gasteiger partial charge is 0.349 e. The number of rotatable bonds is 3. The van der Waals surface area contributed by atoms with Gasteiger partial charge in [-0.1, -0.05) is 41.4 Å². The minimum Gasteiger partial charge on any atom is -0.349 e. The van der Waals surface area contributed by atoms with Gasteiger partial charge in [-0.15, -0.1) is 0 Å². The molecule has 130 valence electrons. The Labute approximate surface area is 156 Å². The lowest BCUT2D eigenvalue weighted by molar-refractivity contribution is 0.0698. The molecule has 0 aromatic heterocycles. The van der Waals surface area contributed by atoms with E-state index in [0.29, 0.717) is 47.1 Å². The van der Waals surface area contributed by atoms with E-state index in [1.807, 2.05) is 35.2 Å². The van der Waals surface area contributed by atoms with Gasteiger partial charge < -0.3 is 10.2 Å². The number of halogens is 2. The van der Waals surface area contributed by atoms with E-state index in [0.717, 1.165) is 0 Å². The SMILES string of the molecule is O=C(NC1CCN(C(=O)c2ccccc2)CC1)c1cc(Cl)ccc1Cl. The molecule has 25 heavy (non-hydrogen) atoms. The average Bonchev–Trinajstić information content (AvgIpc) is 2.64. The molecule has 1 N–H and O–H groups in total. The van der Waals surface area contributed by atoms with Gasteiger partial charge in [-0.3, -0.25) is 9.59 Å². The number of hydrogen-bond donors (Lipinski definition) is 1. The molecule has 4 nitrogen and oxygen atoms in total. The fraction of sp³-hybridized carbons (Fsp3) is 0.263. The van der Waals surface area contributed by atoms with Gasteiger partial charge in [0, 0.05) is 29.7 Å². The number of piperidine rings is 1. The first-order valence-electron chi connectivity index (χ1n) is 8.15. The third-order valence-electron chi connectivity index (χ3n) is 4.31. The highest BCUT2D eigenvalue weighted by Crippen LogP contribution is 2.21. The molecule has 1 heterocycles. The lowest BCUT2D eigenvalue weighted by Crippen LogP contribution is -2.46. The van der Waals surface area contributed by atoms with Gasteiger partial charge in [-0.05, 0) is 43.2 Å². The minimum absolute atomic E-state index is 0.0161. The fourth-order valence-electron chi connectivity index (χ4n) is 2.92. The highest BCUT2D eigenvalue weighted by molar-refractivity contribution is 6.35. The second kappa shape index (κ2) is 7.89. The molecule has 0 aliphatic carbocycles. The predicted octanol–water partition coefficient (Wildman–Crippen LogP) is 4.03. The maximum atomic E-state index is 12.4. The van der Waals surface area contributed by atoms with Crippen LogP contribution in [0.25, 0.3) is 0 Å². The van der Waals surface area contributed by atoms with Crippen LogP contribution >= 0.6 is 23.2 Å². The van der Waals surface area contributed by atoms with Crippen molar-refractivity contribution in [3.8, 4) is 0 Å². The molecule has 0 saturated carbocycles. The van der Waals surface area contributed by atoms with E-state index in [4.69, 9.17) is 23.2 Å². The van der Waals surface area contributed by atoms with E-state index in [1.54, 1.807) is 18.2 Å². The van der Waals surface area contributed by atoms with Gasteiger partial charge in [0.05, 0.1) is 10.6 Å². The van der Waals surface area contributed by atoms with Gasteiger partial charge in [-0.2, -0.15) is 0 Å². The molecule has 1 fully saturated rings. The van der Waals surface area contributed by atoms with Gasteiger partial charge in [0.15, 0.2) is 0 Å². The molecule has 1 saturated heterocycles. The zero-order chi connectivity index (χ0) is 17.8. The molecule has 0 radical (unpaired) electrons. The molecule has 0 spiro atoms. The van der Waals surface area contributed by atoms with Crippen molar-refractivity contribution in [1.29, 1.82) is 0 Å². The van der Waals surface area contributed by atoms with E-state index < -0.39 is 0 Å². The maximum Gasteiger partial charge on any atom is 0.253 e. The Morgan fingerprint density at radius 1 is 1.00 bits per heavy atom. The van der Waals surface area contributed by atoms with Crippen molar-refractivity contribution in [1.82, 2.24) is 10.2 Å². The Balaban J connectivity index is 1.57. The van der Waals surface area contributed by atoms with Crippen LogP contribution in [0.4, 0.5) is 0 Å². The van der Waals surface area contributed by atoms with Crippen LogP contribution in [-0.2, 0) is 0 Å². The Morgan fingerprint density at radius 2 is 1.68 bits per heavy atom. The van der Waals surface area contributed by atoms with E-state index >= 15 is 0 Å². The molecule has 6 heteroatoms. The number of carbonyl (C=O) groups excluding carboxylic acids is 2. The van der Waals surface area contributed by atoms with Crippen molar-refractivity contribution in [2.45, 2.75) is 18.9 Å². The molecule has 3 rings (SSSR count). The van der Waals surface area contributed by atoms with Crippen LogP contribution in [0.5, 0.6) is 0 Å². The first-order chi connectivity index (χ1) is 12.0. The summed E-state index contributed by atoms with van der Waals surface area (Å²) in [6.45, 7) is 1.23. The third kappa shape index (κ3) is 4.33. The van der Waals surface area contributed by atoms with E-state index in [-0.39, 0.29) is 17.9 Å².